The second-order valence-corrected chi connectivity index (χ2v) is 4.94. The Bertz CT molecular complexity index is 529. The minimum atomic E-state index is -3.66. The highest BCUT2D eigenvalue weighted by molar-refractivity contribution is 7.89. The summed E-state index contributed by atoms with van der Waals surface area (Å²) in [5, 5.41) is 8.81. The maximum absolute atomic E-state index is 11.9. The van der Waals surface area contributed by atoms with E-state index in [2.05, 4.69) is 11.3 Å². The van der Waals surface area contributed by atoms with Crippen molar-refractivity contribution in [1.29, 1.82) is 5.26 Å². The molecule has 1 atom stereocenters. The summed E-state index contributed by atoms with van der Waals surface area (Å²) in [6, 6.07) is 7.53. The summed E-state index contributed by atoms with van der Waals surface area (Å²) in [4.78, 5) is -0.00815. The van der Waals surface area contributed by atoms with E-state index in [4.69, 9.17) is 5.26 Å². The summed E-state index contributed by atoms with van der Waals surface area (Å²) in [5.41, 5.74) is 0.131. The lowest BCUT2D eigenvalue weighted by Crippen LogP contribution is -2.31. The molecule has 0 bridgehead atoms. The molecule has 1 rings (SSSR count). The van der Waals surface area contributed by atoms with E-state index >= 15 is 0 Å². The summed E-state index contributed by atoms with van der Waals surface area (Å²) in [6.07, 6.45) is 1.48. The standard InChI is InChI=1S/C11H12N2O2S/c1-3-9(2)13-16(14,15)11-7-5-4-6-10(11)8-12/h3-7,9,13H,1H2,2H3. The molecule has 0 aromatic heterocycles. The molecule has 0 saturated carbocycles. The molecular weight excluding hydrogens is 224 g/mol. The van der Waals surface area contributed by atoms with Crippen LogP contribution in [0, 0.1) is 11.3 Å². The first-order chi connectivity index (χ1) is 7.51. The highest BCUT2D eigenvalue weighted by Crippen LogP contribution is 2.14. The van der Waals surface area contributed by atoms with Crippen LogP contribution in [-0.2, 0) is 10.0 Å². The van der Waals surface area contributed by atoms with Crippen LogP contribution < -0.4 is 4.72 Å². The molecule has 1 aromatic rings. The fourth-order valence-electron chi connectivity index (χ4n) is 1.15. The number of hydrogen-bond donors (Lipinski definition) is 1. The molecule has 84 valence electrons. The number of sulfonamides is 1. The molecule has 1 unspecified atom stereocenters. The zero-order chi connectivity index (χ0) is 12.2. The van der Waals surface area contributed by atoms with Gasteiger partial charge in [-0.3, -0.25) is 0 Å². The lowest BCUT2D eigenvalue weighted by molar-refractivity contribution is 0.576. The predicted molar refractivity (Wildman–Crippen MR) is 61.1 cm³/mol. The van der Waals surface area contributed by atoms with E-state index in [0.717, 1.165) is 0 Å². The van der Waals surface area contributed by atoms with Gasteiger partial charge in [-0.2, -0.15) is 5.26 Å². The molecule has 0 fully saturated rings. The Morgan fingerprint density at radius 3 is 2.69 bits per heavy atom. The van der Waals surface area contributed by atoms with Crippen LogP contribution in [0.3, 0.4) is 0 Å². The Morgan fingerprint density at radius 2 is 2.12 bits per heavy atom. The molecule has 0 amide bonds. The molecule has 16 heavy (non-hydrogen) atoms. The van der Waals surface area contributed by atoms with Gasteiger partial charge < -0.3 is 0 Å². The molecule has 0 heterocycles. The summed E-state index contributed by atoms with van der Waals surface area (Å²) < 4.78 is 26.1. The average Bonchev–Trinajstić information content (AvgIpc) is 2.28. The maximum atomic E-state index is 11.9. The van der Waals surface area contributed by atoms with Crippen molar-refractivity contribution in [2.45, 2.75) is 17.9 Å². The lowest BCUT2D eigenvalue weighted by atomic mass is 10.2. The molecule has 0 radical (unpaired) electrons. The van der Waals surface area contributed by atoms with Crippen LogP contribution in [0.5, 0.6) is 0 Å². The Labute approximate surface area is 95.3 Å². The Morgan fingerprint density at radius 1 is 1.50 bits per heavy atom. The zero-order valence-corrected chi connectivity index (χ0v) is 9.66. The monoisotopic (exact) mass is 236 g/mol. The van der Waals surface area contributed by atoms with E-state index in [9.17, 15) is 8.42 Å². The third-order valence-electron chi connectivity index (χ3n) is 1.99. The molecule has 0 spiro atoms. The van der Waals surface area contributed by atoms with Crippen molar-refractivity contribution >= 4 is 10.0 Å². The second-order valence-electron chi connectivity index (χ2n) is 3.25. The minimum absolute atomic E-state index is 0.00815. The van der Waals surface area contributed by atoms with Gasteiger partial charge in [0, 0.05) is 6.04 Å². The van der Waals surface area contributed by atoms with Gasteiger partial charge in [0.05, 0.1) is 10.5 Å². The van der Waals surface area contributed by atoms with Crippen LogP contribution in [0.2, 0.25) is 0 Å². The van der Waals surface area contributed by atoms with Crippen molar-refractivity contribution in [1.82, 2.24) is 4.72 Å². The van der Waals surface area contributed by atoms with Gasteiger partial charge in [-0.1, -0.05) is 18.2 Å². The summed E-state index contributed by atoms with van der Waals surface area (Å²) in [5.74, 6) is 0. The van der Waals surface area contributed by atoms with Crippen LogP contribution in [0.1, 0.15) is 12.5 Å². The molecular formula is C11H12N2O2S. The van der Waals surface area contributed by atoms with Crippen molar-refractivity contribution in [3.63, 3.8) is 0 Å². The predicted octanol–water partition coefficient (Wildman–Crippen LogP) is 1.41. The van der Waals surface area contributed by atoms with E-state index in [1.54, 1.807) is 19.1 Å². The van der Waals surface area contributed by atoms with Crippen molar-refractivity contribution in [2.75, 3.05) is 0 Å². The molecule has 0 saturated heterocycles. The number of benzene rings is 1. The van der Waals surface area contributed by atoms with Gasteiger partial charge >= 0.3 is 0 Å². The zero-order valence-electron chi connectivity index (χ0n) is 8.84. The van der Waals surface area contributed by atoms with Crippen LogP contribution in [0.4, 0.5) is 0 Å². The third-order valence-corrected chi connectivity index (χ3v) is 3.61. The first-order valence-corrected chi connectivity index (χ1v) is 6.13. The molecule has 0 aliphatic rings. The van der Waals surface area contributed by atoms with Gasteiger partial charge in [-0.05, 0) is 19.1 Å². The Balaban J connectivity index is 3.18. The van der Waals surface area contributed by atoms with Crippen molar-refractivity contribution in [3.05, 3.63) is 42.5 Å². The van der Waals surface area contributed by atoms with Gasteiger partial charge in [0.1, 0.15) is 6.07 Å². The van der Waals surface area contributed by atoms with Gasteiger partial charge in [0.15, 0.2) is 0 Å². The summed E-state index contributed by atoms with van der Waals surface area (Å²) in [7, 11) is -3.66. The number of rotatable bonds is 4. The molecule has 0 aliphatic carbocycles. The van der Waals surface area contributed by atoms with E-state index in [1.165, 1.54) is 18.2 Å². The quantitative estimate of drug-likeness (QED) is 0.803. The van der Waals surface area contributed by atoms with E-state index in [1.807, 2.05) is 6.07 Å². The van der Waals surface area contributed by atoms with Gasteiger partial charge in [0.2, 0.25) is 10.0 Å². The van der Waals surface area contributed by atoms with E-state index in [-0.39, 0.29) is 16.5 Å². The topological polar surface area (TPSA) is 70.0 Å². The van der Waals surface area contributed by atoms with Crippen molar-refractivity contribution in [2.24, 2.45) is 0 Å². The number of hydrogen-bond acceptors (Lipinski definition) is 3. The normalized spacial score (nSPS) is 12.8. The van der Waals surface area contributed by atoms with Crippen LogP contribution in [0.15, 0.2) is 41.8 Å². The van der Waals surface area contributed by atoms with Gasteiger partial charge in [-0.25, -0.2) is 13.1 Å². The average molecular weight is 236 g/mol. The lowest BCUT2D eigenvalue weighted by Gasteiger charge is -2.10. The molecule has 1 N–H and O–H groups in total. The van der Waals surface area contributed by atoms with E-state index < -0.39 is 10.0 Å². The van der Waals surface area contributed by atoms with Crippen LogP contribution in [0.25, 0.3) is 0 Å². The first kappa shape index (κ1) is 12.4. The molecule has 5 heteroatoms. The van der Waals surface area contributed by atoms with Crippen molar-refractivity contribution < 1.29 is 8.42 Å². The molecule has 4 nitrogen and oxygen atoms in total. The highest BCUT2D eigenvalue weighted by atomic mass is 32.2. The fraction of sp³-hybridized carbons (Fsp3) is 0.182. The number of nitrogens with zero attached hydrogens (tertiary/aromatic N) is 1. The smallest absolute Gasteiger partial charge is 0.207 e. The SMILES string of the molecule is C=CC(C)NS(=O)(=O)c1ccccc1C#N. The molecule has 1 aromatic carbocycles. The summed E-state index contributed by atoms with van der Waals surface area (Å²) >= 11 is 0. The molecule has 0 aliphatic heterocycles. The van der Waals surface area contributed by atoms with Crippen LogP contribution in [-0.4, -0.2) is 14.5 Å². The van der Waals surface area contributed by atoms with Gasteiger partial charge in [0.25, 0.3) is 0 Å². The minimum Gasteiger partial charge on any atom is -0.207 e. The number of nitrogens with one attached hydrogen (secondary N) is 1. The highest BCUT2D eigenvalue weighted by Gasteiger charge is 2.19. The fourth-order valence-corrected chi connectivity index (χ4v) is 2.52. The Hall–Kier alpha value is -1.64. The second kappa shape index (κ2) is 4.92. The van der Waals surface area contributed by atoms with E-state index in [0.29, 0.717) is 0 Å². The largest absolute Gasteiger partial charge is 0.242 e. The summed E-state index contributed by atoms with van der Waals surface area (Å²) in [6.45, 7) is 5.16. The number of nitriles is 1. The van der Waals surface area contributed by atoms with Crippen molar-refractivity contribution in [3.8, 4) is 6.07 Å². The first-order valence-electron chi connectivity index (χ1n) is 4.65. The van der Waals surface area contributed by atoms with Crippen LogP contribution >= 0.6 is 0 Å². The Kier molecular flexibility index (Phi) is 3.82. The van der Waals surface area contributed by atoms with Gasteiger partial charge in [-0.15, -0.1) is 6.58 Å². The third kappa shape index (κ3) is 2.69. The maximum Gasteiger partial charge on any atom is 0.242 e.